The van der Waals surface area contributed by atoms with Gasteiger partial charge in [-0.1, -0.05) is 13.3 Å². The number of H-pyrrole nitrogens is 2. The SMILES string of the molecule is CCCCC(=O)Nc1cncc(-c2cnc3n[nH]c(-c4cc5c(-c6cc(O)cc(F)c6)nccc5[nH]4)c3c2)c1. The van der Waals surface area contributed by atoms with Crippen LogP contribution < -0.4 is 5.32 Å². The third kappa shape index (κ3) is 4.79. The van der Waals surface area contributed by atoms with E-state index in [1.54, 1.807) is 24.8 Å². The largest absolute Gasteiger partial charge is 0.508 e. The molecule has 0 atom stereocenters. The molecule has 194 valence electrons. The fourth-order valence-corrected chi connectivity index (χ4v) is 4.62. The highest BCUT2D eigenvalue weighted by Gasteiger charge is 2.16. The molecule has 0 fully saturated rings. The molecule has 5 heterocycles. The number of benzene rings is 1. The van der Waals surface area contributed by atoms with Gasteiger partial charge < -0.3 is 15.4 Å². The number of nitrogens with one attached hydrogen (secondary N) is 3. The maximum absolute atomic E-state index is 14.0. The number of halogens is 1. The highest BCUT2D eigenvalue weighted by atomic mass is 19.1. The molecule has 0 saturated carbocycles. The molecule has 9 nitrogen and oxygen atoms in total. The molecule has 0 unspecified atom stereocenters. The Morgan fingerprint density at radius 3 is 2.72 bits per heavy atom. The number of unbranched alkanes of at least 4 members (excludes halogenated alkanes) is 1. The quantitative estimate of drug-likeness (QED) is 0.198. The molecule has 0 radical (unpaired) electrons. The lowest BCUT2D eigenvalue weighted by atomic mass is 10.1. The number of rotatable bonds is 7. The van der Waals surface area contributed by atoms with Crippen LogP contribution >= 0.6 is 0 Å². The van der Waals surface area contributed by atoms with E-state index < -0.39 is 5.82 Å². The monoisotopic (exact) mass is 521 g/mol. The van der Waals surface area contributed by atoms with Crippen molar-refractivity contribution < 1.29 is 14.3 Å². The van der Waals surface area contributed by atoms with E-state index in [9.17, 15) is 14.3 Å². The van der Waals surface area contributed by atoms with E-state index in [1.165, 1.54) is 12.1 Å². The van der Waals surface area contributed by atoms with E-state index in [0.717, 1.165) is 57.7 Å². The van der Waals surface area contributed by atoms with Crippen LogP contribution in [-0.2, 0) is 4.79 Å². The van der Waals surface area contributed by atoms with Crippen molar-refractivity contribution in [2.75, 3.05) is 5.32 Å². The molecular formula is C29H24FN7O2. The van der Waals surface area contributed by atoms with Crippen molar-refractivity contribution in [1.82, 2.24) is 30.1 Å². The number of carbonyl (C=O) groups is 1. The number of fused-ring (bicyclic) bond motifs is 2. The number of aromatic nitrogens is 6. The molecule has 4 N–H and O–H groups in total. The Bertz CT molecular complexity index is 1820. The number of hydrogen-bond acceptors (Lipinski definition) is 6. The first kappa shape index (κ1) is 24.2. The number of aromatic hydroxyl groups is 1. The average molecular weight is 522 g/mol. The predicted octanol–water partition coefficient (Wildman–Crippen LogP) is 6.20. The lowest BCUT2D eigenvalue weighted by Gasteiger charge is -2.07. The summed E-state index contributed by atoms with van der Waals surface area (Å²) in [6.45, 7) is 2.05. The zero-order chi connectivity index (χ0) is 26.9. The van der Waals surface area contributed by atoms with Gasteiger partial charge in [-0.25, -0.2) is 9.37 Å². The second-order valence-corrected chi connectivity index (χ2v) is 9.31. The van der Waals surface area contributed by atoms with Crippen molar-refractivity contribution in [2.24, 2.45) is 0 Å². The first-order chi connectivity index (χ1) is 19.0. The first-order valence-corrected chi connectivity index (χ1v) is 12.6. The van der Waals surface area contributed by atoms with Crippen LogP contribution in [0.2, 0.25) is 0 Å². The van der Waals surface area contributed by atoms with Gasteiger partial charge in [-0.15, -0.1) is 0 Å². The Morgan fingerprint density at radius 1 is 1.00 bits per heavy atom. The summed E-state index contributed by atoms with van der Waals surface area (Å²) in [5.41, 5.74) is 6.05. The molecule has 6 aromatic rings. The maximum Gasteiger partial charge on any atom is 0.224 e. The summed E-state index contributed by atoms with van der Waals surface area (Å²) < 4.78 is 14.0. The molecule has 0 aliphatic rings. The summed E-state index contributed by atoms with van der Waals surface area (Å²) in [6, 6.07) is 11.4. The number of pyridine rings is 3. The van der Waals surface area contributed by atoms with Gasteiger partial charge in [-0.2, -0.15) is 5.10 Å². The van der Waals surface area contributed by atoms with Gasteiger partial charge in [-0.05, 0) is 42.8 Å². The van der Waals surface area contributed by atoms with Crippen molar-refractivity contribution in [1.29, 1.82) is 0 Å². The molecule has 0 saturated heterocycles. The molecule has 1 amide bonds. The highest BCUT2D eigenvalue weighted by Crippen LogP contribution is 2.35. The Balaban J connectivity index is 1.38. The molecule has 1 aromatic carbocycles. The van der Waals surface area contributed by atoms with Crippen LogP contribution in [0.4, 0.5) is 10.1 Å². The topological polar surface area (TPSA) is 132 Å². The van der Waals surface area contributed by atoms with Crippen LogP contribution in [0.15, 0.2) is 67.3 Å². The smallest absolute Gasteiger partial charge is 0.224 e. The molecule has 5 aromatic heterocycles. The van der Waals surface area contributed by atoms with E-state index in [0.29, 0.717) is 29.0 Å². The molecule has 0 bridgehead atoms. The fourth-order valence-electron chi connectivity index (χ4n) is 4.62. The summed E-state index contributed by atoms with van der Waals surface area (Å²) in [5, 5.41) is 21.8. The number of anilines is 1. The third-order valence-electron chi connectivity index (χ3n) is 6.50. The number of phenols is 1. The Morgan fingerprint density at radius 2 is 1.87 bits per heavy atom. The maximum atomic E-state index is 14.0. The molecule has 10 heteroatoms. The highest BCUT2D eigenvalue weighted by molar-refractivity contribution is 6.00. The van der Waals surface area contributed by atoms with Gasteiger partial charge in [0.25, 0.3) is 0 Å². The van der Waals surface area contributed by atoms with Crippen molar-refractivity contribution in [3.8, 4) is 39.5 Å². The van der Waals surface area contributed by atoms with Crippen molar-refractivity contribution >= 4 is 33.5 Å². The minimum atomic E-state index is -0.545. The molecule has 0 spiro atoms. The zero-order valence-electron chi connectivity index (χ0n) is 21.0. The van der Waals surface area contributed by atoms with Crippen LogP contribution in [-0.4, -0.2) is 41.1 Å². The second kappa shape index (κ2) is 9.97. The number of carbonyl (C=O) groups excluding carboxylic acids is 1. The van der Waals surface area contributed by atoms with Crippen LogP contribution in [0, 0.1) is 5.82 Å². The number of nitrogens with zero attached hydrogens (tertiary/aromatic N) is 4. The number of amides is 1. The average Bonchev–Trinajstić information content (AvgIpc) is 3.55. The lowest BCUT2D eigenvalue weighted by Crippen LogP contribution is -2.11. The van der Waals surface area contributed by atoms with Crippen LogP contribution in [0.25, 0.3) is 55.7 Å². The molecular weight excluding hydrogens is 497 g/mol. The zero-order valence-corrected chi connectivity index (χ0v) is 21.0. The van der Waals surface area contributed by atoms with Crippen LogP contribution in [0.5, 0.6) is 5.75 Å². The second-order valence-electron chi connectivity index (χ2n) is 9.31. The van der Waals surface area contributed by atoms with Crippen LogP contribution in [0.1, 0.15) is 26.2 Å². The minimum absolute atomic E-state index is 0.0392. The van der Waals surface area contributed by atoms with Crippen LogP contribution in [0.3, 0.4) is 0 Å². The van der Waals surface area contributed by atoms with Gasteiger partial charge in [0.15, 0.2) is 5.65 Å². The van der Waals surface area contributed by atoms with Gasteiger partial charge in [0.05, 0.1) is 29.0 Å². The predicted molar refractivity (Wildman–Crippen MR) is 147 cm³/mol. The fraction of sp³-hybridized carbons (Fsp3) is 0.138. The lowest BCUT2D eigenvalue weighted by molar-refractivity contribution is -0.116. The first-order valence-electron chi connectivity index (χ1n) is 12.6. The standard InChI is InChI=1S/C29H24FN7O2/c1-2-3-4-26(39)34-20-8-17(13-31-15-20)18-10-23-28(36-37-29(23)33-14-18)25-12-22-24(35-25)5-6-32-27(22)16-7-19(30)11-21(38)9-16/h5-15,35,38H,2-4H2,1H3,(H,34,39)(H,33,36,37). The summed E-state index contributed by atoms with van der Waals surface area (Å²) in [7, 11) is 0. The summed E-state index contributed by atoms with van der Waals surface area (Å²) in [6.07, 6.45) is 8.94. The van der Waals surface area contributed by atoms with E-state index in [-0.39, 0.29) is 11.7 Å². The van der Waals surface area contributed by atoms with Crippen molar-refractivity contribution in [2.45, 2.75) is 26.2 Å². The summed E-state index contributed by atoms with van der Waals surface area (Å²) in [5.74, 6) is -0.753. The Hall–Kier alpha value is -5.12. The van der Waals surface area contributed by atoms with Crippen molar-refractivity contribution in [3.05, 3.63) is 73.1 Å². The van der Waals surface area contributed by atoms with Gasteiger partial charge in [0.1, 0.15) is 11.6 Å². The number of phenolic OH excluding ortho intramolecular Hbond substituents is 1. The van der Waals surface area contributed by atoms with E-state index in [1.807, 2.05) is 31.2 Å². The molecule has 0 aliphatic heterocycles. The van der Waals surface area contributed by atoms with Crippen molar-refractivity contribution in [3.63, 3.8) is 0 Å². The molecule has 6 rings (SSSR count). The number of aromatic amines is 2. The van der Waals surface area contributed by atoms with Gasteiger partial charge in [0, 0.05) is 64.1 Å². The number of hydrogen-bond donors (Lipinski definition) is 4. The van der Waals surface area contributed by atoms with Gasteiger partial charge in [0.2, 0.25) is 5.91 Å². The van der Waals surface area contributed by atoms with E-state index in [4.69, 9.17) is 0 Å². The normalized spacial score (nSPS) is 11.3. The molecule has 39 heavy (non-hydrogen) atoms. The van der Waals surface area contributed by atoms with E-state index >= 15 is 0 Å². The minimum Gasteiger partial charge on any atom is -0.508 e. The van der Waals surface area contributed by atoms with E-state index in [2.05, 4.69) is 35.5 Å². The van der Waals surface area contributed by atoms with Gasteiger partial charge >= 0.3 is 0 Å². The summed E-state index contributed by atoms with van der Waals surface area (Å²) >= 11 is 0. The Kier molecular flexibility index (Phi) is 6.20. The summed E-state index contributed by atoms with van der Waals surface area (Å²) in [4.78, 5) is 28.8. The Labute approximate surface area is 222 Å². The molecule has 0 aliphatic carbocycles. The van der Waals surface area contributed by atoms with Gasteiger partial charge in [-0.3, -0.25) is 19.9 Å². The third-order valence-corrected chi connectivity index (χ3v) is 6.50.